The zero-order valence-electron chi connectivity index (χ0n) is 24.2. The van der Waals surface area contributed by atoms with Crippen molar-refractivity contribution in [3.8, 4) is 34.4 Å². The first kappa shape index (κ1) is 30.6. The molecule has 4 aromatic carbocycles. The maximum absolute atomic E-state index is 14.8. The second-order valence-corrected chi connectivity index (χ2v) is 10.1. The number of nitrogens with two attached hydrogens (primary N) is 1. The number of ether oxygens (including phenoxy) is 2. The normalized spacial score (nSPS) is 10.7. The second kappa shape index (κ2) is 13.2. The van der Waals surface area contributed by atoms with Crippen molar-refractivity contribution in [1.82, 2.24) is 4.98 Å². The van der Waals surface area contributed by atoms with Crippen LogP contribution in [-0.4, -0.2) is 22.1 Å². The minimum absolute atomic E-state index is 0.146. The Bertz CT molecular complexity index is 1910. The molecule has 0 aliphatic carbocycles. The number of rotatable bonds is 9. The average molecular weight is 611 g/mol. The molecule has 0 saturated carbocycles. The van der Waals surface area contributed by atoms with Gasteiger partial charge in [0.1, 0.15) is 17.1 Å². The smallest absolute Gasteiger partial charge is 0.339 e. The maximum Gasteiger partial charge on any atom is 0.339 e. The Balaban J connectivity index is 1.39. The Morgan fingerprint density at radius 3 is 2.27 bits per heavy atom. The van der Waals surface area contributed by atoms with E-state index in [1.165, 1.54) is 18.2 Å². The van der Waals surface area contributed by atoms with Crippen molar-refractivity contribution in [3.05, 3.63) is 125 Å². The fourth-order valence-corrected chi connectivity index (χ4v) is 4.43. The van der Waals surface area contributed by atoms with Crippen molar-refractivity contribution >= 4 is 23.4 Å². The number of anilines is 2. The van der Waals surface area contributed by atoms with Crippen molar-refractivity contribution in [3.63, 3.8) is 0 Å². The summed E-state index contributed by atoms with van der Waals surface area (Å²) >= 11 is 0. The summed E-state index contributed by atoms with van der Waals surface area (Å²) in [4.78, 5) is 28.4. The van der Waals surface area contributed by atoms with Gasteiger partial charge in [-0.3, -0.25) is 0 Å². The molecule has 0 aliphatic heterocycles. The standard InChI is InChI=1S/C34H28F2N4O5/c1-19-9-10-20(2)29(13-19)39-34(43)38-24-11-12-26(33(41)42)30(16-24)45-32-28(36)17-27(35)31(40-32)44-25-8-4-7-23(15-25)22-6-3-5-21(14-22)18-37/h3-17H,18,37H2,1-2H3,(H,41,42)(H2,38,39,43). The lowest BCUT2D eigenvalue weighted by Gasteiger charge is -2.14. The lowest BCUT2D eigenvalue weighted by atomic mass is 10.0. The molecule has 0 radical (unpaired) electrons. The van der Waals surface area contributed by atoms with Gasteiger partial charge in [-0.2, -0.15) is 4.98 Å². The van der Waals surface area contributed by atoms with E-state index in [0.717, 1.165) is 27.8 Å². The van der Waals surface area contributed by atoms with E-state index in [0.29, 0.717) is 18.3 Å². The number of aromatic carboxylic acids is 1. The number of nitrogens with one attached hydrogen (secondary N) is 2. The van der Waals surface area contributed by atoms with Gasteiger partial charge in [-0.1, -0.05) is 42.5 Å². The molecule has 1 heterocycles. The van der Waals surface area contributed by atoms with Crippen LogP contribution in [0, 0.1) is 25.5 Å². The van der Waals surface area contributed by atoms with E-state index in [1.807, 2.05) is 56.3 Å². The Kier molecular flexibility index (Phi) is 9.01. The molecule has 0 unspecified atom stereocenters. The Labute approximate surface area is 257 Å². The highest BCUT2D eigenvalue weighted by Gasteiger charge is 2.20. The molecule has 1 aromatic heterocycles. The number of carbonyl (C=O) groups excluding carboxylic acids is 1. The molecule has 0 atom stereocenters. The van der Waals surface area contributed by atoms with Gasteiger partial charge in [0.15, 0.2) is 11.6 Å². The summed E-state index contributed by atoms with van der Waals surface area (Å²) in [5, 5.41) is 15.0. The van der Waals surface area contributed by atoms with Crippen LogP contribution in [-0.2, 0) is 6.54 Å². The lowest BCUT2D eigenvalue weighted by Crippen LogP contribution is -2.20. The molecule has 0 saturated heterocycles. The number of aromatic nitrogens is 1. The number of carbonyl (C=O) groups is 2. The zero-order chi connectivity index (χ0) is 32.1. The number of pyridine rings is 1. The number of aryl methyl sites for hydroxylation is 2. The molecule has 9 nitrogen and oxygen atoms in total. The number of benzene rings is 4. The monoisotopic (exact) mass is 610 g/mol. The van der Waals surface area contributed by atoms with Crippen molar-refractivity contribution in [2.24, 2.45) is 5.73 Å². The first-order valence-electron chi connectivity index (χ1n) is 13.7. The van der Waals surface area contributed by atoms with Crippen LogP contribution >= 0.6 is 0 Å². The van der Waals surface area contributed by atoms with Crippen LogP contribution in [0.4, 0.5) is 25.0 Å². The van der Waals surface area contributed by atoms with Crippen LogP contribution in [0.25, 0.3) is 11.1 Å². The molecule has 0 aliphatic rings. The van der Waals surface area contributed by atoms with Crippen LogP contribution < -0.4 is 25.8 Å². The van der Waals surface area contributed by atoms with Gasteiger partial charge in [-0.05, 0) is 78.1 Å². The molecule has 11 heteroatoms. The Hall–Kier alpha value is -5.81. The molecule has 0 bridgehead atoms. The summed E-state index contributed by atoms with van der Waals surface area (Å²) in [5.41, 5.74) is 10.5. The van der Waals surface area contributed by atoms with Gasteiger partial charge in [-0.25, -0.2) is 18.4 Å². The number of carboxylic acid groups (broad SMARTS) is 1. The molecule has 5 rings (SSSR count). The van der Waals surface area contributed by atoms with Gasteiger partial charge in [-0.15, -0.1) is 0 Å². The van der Waals surface area contributed by atoms with Crippen LogP contribution in [0.15, 0.2) is 91.0 Å². The number of halogens is 2. The predicted octanol–water partition coefficient (Wildman–Crippen LogP) is 8.03. The van der Waals surface area contributed by atoms with Crippen molar-refractivity contribution in [1.29, 1.82) is 0 Å². The van der Waals surface area contributed by atoms with Crippen molar-refractivity contribution in [2.45, 2.75) is 20.4 Å². The predicted molar refractivity (Wildman–Crippen MR) is 166 cm³/mol. The number of urea groups is 1. The first-order valence-corrected chi connectivity index (χ1v) is 13.7. The highest BCUT2D eigenvalue weighted by atomic mass is 19.1. The largest absolute Gasteiger partial charge is 0.478 e. The number of carboxylic acids is 1. The third kappa shape index (κ3) is 7.40. The highest BCUT2D eigenvalue weighted by molar-refractivity contribution is 6.01. The maximum atomic E-state index is 14.8. The summed E-state index contributed by atoms with van der Waals surface area (Å²) in [6, 6.07) is 23.5. The van der Waals surface area contributed by atoms with Crippen LogP contribution in [0.2, 0.25) is 0 Å². The number of hydrogen-bond acceptors (Lipinski definition) is 6. The molecule has 5 aromatic rings. The molecule has 0 fully saturated rings. The van der Waals surface area contributed by atoms with E-state index in [9.17, 15) is 23.5 Å². The average Bonchev–Trinajstić information content (AvgIpc) is 3.01. The second-order valence-electron chi connectivity index (χ2n) is 10.1. The summed E-state index contributed by atoms with van der Waals surface area (Å²) < 4.78 is 40.8. The zero-order valence-corrected chi connectivity index (χ0v) is 24.2. The minimum Gasteiger partial charge on any atom is -0.478 e. The fraction of sp³-hybridized carbons (Fsp3) is 0.0882. The summed E-state index contributed by atoms with van der Waals surface area (Å²) in [5.74, 6) is -5.16. The van der Waals surface area contributed by atoms with Gasteiger partial charge in [0, 0.05) is 30.1 Å². The van der Waals surface area contributed by atoms with Crippen LogP contribution in [0.1, 0.15) is 27.0 Å². The van der Waals surface area contributed by atoms with E-state index in [-0.39, 0.29) is 22.7 Å². The molecule has 228 valence electrons. The topological polar surface area (TPSA) is 136 Å². The molecular formula is C34H28F2N4O5. The number of hydrogen-bond donors (Lipinski definition) is 4. The molecular weight excluding hydrogens is 582 g/mol. The van der Waals surface area contributed by atoms with Gasteiger partial charge in [0.25, 0.3) is 11.8 Å². The van der Waals surface area contributed by atoms with Gasteiger partial charge < -0.3 is 30.9 Å². The van der Waals surface area contributed by atoms with Crippen LogP contribution in [0.3, 0.4) is 0 Å². The Morgan fingerprint density at radius 2 is 1.53 bits per heavy atom. The van der Waals surface area contributed by atoms with E-state index in [1.54, 1.807) is 24.3 Å². The minimum atomic E-state index is -1.38. The highest BCUT2D eigenvalue weighted by Crippen LogP contribution is 2.34. The molecule has 2 amide bonds. The number of nitrogens with zero attached hydrogens (tertiary/aromatic N) is 1. The van der Waals surface area contributed by atoms with E-state index < -0.39 is 35.4 Å². The summed E-state index contributed by atoms with van der Waals surface area (Å²) in [7, 11) is 0. The fourth-order valence-electron chi connectivity index (χ4n) is 4.43. The first-order chi connectivity index (χ1) is 21.6. The quantitative estimate of drug-likeness (QED) is 0.133. The van der Waals surface area contributed by atoms with Crippen LogP contribution in [0.5, 0.6) is 23.3 Å². The SMILES string of the molecule is Cc1ccc(C)c(NC(=O)Nc2ccc(C(=O)O)c(Oc3nc(Oc4cccc(-c5cccc(CN)c5)c4)c(F)cc3F)c2)c1. The summed E-state index contributed by atoms with van der Waals surface area (Å²) in [6.07, 6.45) is 0. The van der Waals surface area contributed by atoms with Gasteiger partial charge in [0.2, 0.25) is 0 Å². The van der Waals surface area contributed by atoms with Gasteiger partial charge in [0.05, 0.1) is 0 Å². The third-order valence-corrected chi connectivity index (χ3v) is 6.73. The van der Waals surface area contributed by atoms with E-state index in [2.05, 4.69) is 15.6 Å². The third-order valence-electron chi connectivity index (χ3n) is 6.73. The lowest BCUT2D eigenvalue weighted by molar-refractivity contribution is 0.0694. The van der Waals surface area contributed by atoms with E-state index >= 15 is 0 Å². The number of amides is 2. The van der Waals surface area contributed by atoms with Crippen molar-refractivity contribution in [2.75, 3.05) is 10.6 Å². The summed E-state index contributed by atoms with van der Waals surface area (Å²) in [6.45, 7) is 4.08. The van der Waals surface area contributed by atoms with Crippen molar-refractivity contribution < 1.29 is 33.0 Å². The molecule has 0 spiro atoms. The Morgan fingerprint density at radius 1 is 0.822 bits per heavy atom. The van der Waals surface area contributed by atoms with Gasteiger partial charge >= 0.3 is 12.0 Å². The van der Waals surface area contributed by atoms with E-state index in [4.69, 9.17) is 15.2 Å². The molecule has 5 N–H and O–H groups in total. The molecule has 45 heavy (non-hydrogen) atoms.